The number of hydrogen-bond donors (Lipinski definition) is 1. The number of carbonyl (C=O) groups excluding carboxylic acids is 2. The highest BCUT2D eigenvalue weighted by molar-refractivity contribution is 9.10. The molecule has 1 rings (SSSR count). The Kier molecular flexibility index (Phi) is 6.89. The molecule has 1 amide bonds. The summed E-state index contributed by atoms with van der Waals surface area (Å²) in [5.74, 6) is -0.694. The summed E-state index contributed by atoms with van der Waals surface area (Å²) in [6.07, 6.45) is 2.53. The molecule has 1 unspecified atom stereocenters. The molecule has 116 valence electrons. The van der Waals surface area contributed by atoms with E-state index < -0.39 is 0 Å². The second-order valence-electron chi connectivity index (χ2n) is 5.40. The van der Waals surface area contributed by atoms with Gasteiger partial charge in [0.05, 0.1) is 6.61 Å². The zero-order valence-electron chi connectivity index (χ0n) is 12.5. The van der Waals surface area contributed by atoms with Crippen molar-refractivity contribution in [1.29, 1.82) is 0 Å². The van der Waals surface area contributed by atoms with Gasteiger partial charge in [0.1, 0.15) is 0 Å². The van der Waals surface area contributed by atoms with Crippen molar-refractivity contribution in [2.24, 2.45) is 11.1 Å². The zero-order valence-corrected chi connectivity index (χ0v) is 14.1. The molecule has 0 aliphatic heterocycles. The standard InChI is InChI=1S/C16H22BrNO3/c1-3-16(10-15(18)20,11-21-12(2)19)9-8-13-4-6-14(17)7-5-13/h4-7H,3,8-11H2,1-2H3,(H2,18,20). The third-order valence-electron chi connectivity index (χ3n) is 3.74. The molecular formula is C16H22BrNO3. The number of benzene rings is 1. The molecule has 0 fully saturated rings. The van der Waals surface area contributed by atoms with Crippen molar-refractivity contribution in [3.05, 3.63) is 34.3 Å². The lowest BCUT2D eigenvalue weighted by Gasteiger charge is -2.31. The van der Waals surface area contributed by atoms with E-state index in [2.05, 4.69) is 15.9 Å². The number of ether oxygens (including phenoxy) is 1. The van der Waals surface area contributed by atoms with Gasteiger partial charge < -0.3 is 10.5 Å². The predicted octanol–water partition coefficient (Wildman–Crippen LogP) is 3.22. The highest BCUT2D eigenvalue weighted by Crippen LogP contribution is 2.33. The number of amides is 1. The second kappa shape index (κ2) is 8.17. The van der Waals surface area contributed by atoms with Crippen molar-refractivity contribution < 1.29 is 14.3 Å². The molecule has 0 bridgehead atoms. The van der Waals surface area contributed by atoms with Crippen LogP contribution in [0.2, 0.25) is 0 Å². The number of rotatable bonds is 8. The average Bonchev–Trinajstić information content (AvgIpc) is 2.43. The second-order valence-corrected chi connectivity index (χ2v) is 6.32. The molecule has 5 heteroatoms. The highest BCUT2D eigenvalue weighted by atomic mass is 79.9. The van der Waals surface area contributed by atoms with E-state index in [9.17, 15) is 9.59 Å². The van der Waals surface area contributed by atoms with Gasteiger partial charge in [-0.3, -0.25) is 9.59 Å². The van der Waals surface area contributed by atoms with Crippen molar-refractivity contribution in [3.63, 3.8) is 0 Å². The summed E-state index contributed by atoms with van der Waals surface area (Å²) in [6.45, 7) is 3.60. The van der Waals surface area contributed by atoms with Crippen LogP contribution in [0.15, 0.2) is 28.7 Å². The topological polar surface area (TPSA) is 69.4 Å². The van der Waals surface area contributed by atoms with Crippen molar-refractivity contribution >= 4 is 27.8 Å². The van der Waals surface area contributed by atoms with E-state index in [4.69, 9.17) is 10.5 Å². The van der Waals surface area contributed by atoms with E-state index in [1.807, 2.05) is 31.2 Å². The first kappa shape index (κ1) is 17.7. The maximum atomic E-state index is 11.4. The van der Waals surface area contributed by atoms with Crippen LogP contribution in [-0.2, 0) is 20.7 Å². The third-order valence-corrected chi connectivity index (χ3v) is 4.27. The first-order valence-corrected chi connectivity index (χ1v) is 7.82. The molecular weight excluding hydrogens is 334 g/mol. The molecule has 0 heterocycles. The summed E-state index contributed by atoms with van der Waals surface area (Å²) in [5.41, 5.74) is 6.16. The highest BCUT2D eigenvalue weighted by Gasteiger charge is 2.31. The fourth-order valence-corrected chi connectivity index (χ4v) is 2.56. The molecule has 0 aromatic heterocycles. The first-order valence-electron chi connectivity index (χ1n) is 7.03. The fourth-order valence-electron chi connectivity index (χ4n) is 2.30. The molecule has 2 N–H and O–H groups in total. The smallest absolute Gasteiger partial charge is 0.302 e. The van der Waals surface area contributed by atoms with Gasteiger partial charge in [0.25, 0.3) is 0 Å². The number of halogens is 1. The third kappa shape index (κ3) is 6.29. The number of primary amides is 1. The lowest BCUT2D eigenvalue weighted by Crippen LogP contribution is -2.33. The Balaban J connectivity index is 2.76. The van der Waals surface area contributed by atoms with Crippen LogP contribution in [0.4, 0.5) is 0 Å². The van der Waals surface area contributed by atoms with Gasteiger partial charge in [-0.05, 0) is 37.0 Å². The van der Waals surface area contributed by atoms with Gasteiger partial charge in [-0.1, -0.05) is 35.0 Å². The zero-order chi connectivity index (χ0) is 15.9. The minimum Gasteiger partial charge on any atom is -0.465 e. The lowest BCUT2D eigenvalue weighted by atomic mass is 9.77. The molecule has 4 nitrogen and oxygen atoms in total. The van der Waals surface area contributed by atoms with Gasteiger partial charge in [0.15, 0.2) is 0 Å². The Morgan fingerprint density at radius 2 is 1.90 bits per heavy atom. The Labute approximate surface area is 134 Å². The molecule has 0 spiro atoms. The summed E-state index contributed by atoms with van der Waals surface area (Å²) in [5, 5.41) is 0. The monoisotopic (exact) mass is 355 g/mol. The molecule has 0 saturated heterocycles. The van der Waals surface area contributed by atoms with Gasteiger partial charge in [-0.2, -0.15) is 0 Å². The normalized spacial score (nSPS) is 13.5. The Morgan fingerprint density at radius 1 is 1.29 bits per heavy atom. The first-order chi connectivity index (χ1) is 9.87. The van der Waals surface area contributed by atoms with Crippen LogP contribution in [0, 0.1) is 5.41 Å². The minimum absolute atomic E-state index is 0.229. The lowest BCUT2D eigenvalue weighted by molar-refractivity contribution is -0.146. The SMILES string of the molecule is CCC(CCc1ccc(Br)cc1)(COC(C)=O)CC(N)=O. The van der Waals surface area contributed by atoms with Crippen molar-refractivity contribution in [1.82, 2.24) is 0 Å². The van der Waals surface area contributed by atoms with Crippen molar-refractivity contribution in [2.75, 3.05) is 6.61 Å². The van der Waals surface area contributed by atoms with Gasteiger partial charge in [0, 0.05) is 23.2 Å². The minimum atomic E-state index is -0.384. The quantitative estimate of drug-likeness (QED) is 0.727. The van der Waals surface area contributed by atoms with Gasteiger partial charge in [0.2, 0.25) is 5.91 Å². The van der Waals surface area contributed by atoms with Crippen LogP contribution in [0.25, 0.3) is 0 Å². The van der Waals surface area contributed by atoms with E-state index in [1.54, 1.807) is 0 Å². The van der Waals surface area contributed by atoms with Crippen molar-refractivity contribution in [3.8, 4) is 0 Å². The number of nitrogens with two attached hydrogens (primary N) is 1. The molecule has 0 saturated carbocycles. The summed E-state index contributed by atoms with van der Waals surface area (Å²) in [6, 6.07) is 8.06. The molecule has 0 aliphatic carbocycles. The number of esters is 1. The van der Waals surface area contributed by atoms with Gasteiger partial charge in [-0.15, -0.1) is 0 Å². The van der Waals surface area contributed by atoms with Crippen LogP contribution in [-0.4, -0.2) is 18.5 Å². The molecule has 0 aliphatic rings. The number of hydrogen-bond acceptors (Lipinski definition) is 3. The average molecular weight is 356 g/mol. The van der Waals surface area contributed by atoms with E-state index in [-0.39, 0.29) is 30.3 Å². The summed E-state index contributed by atoms with van der Waals surface area (Å²) < 4.78 is 6.18. The molecule has 1 aromatic rings. The summed E-state index contributed by atoms with van der Waals surface area (Å²) in [4.78, 5) is 22.4. The van der Waals surface area contributed by atoms with E-state index in [0.717, 1.165) is 23.7 Å². The maximum Gasteiger partial charge on any atom is 0.302 e. The molecule has 1 atom stereocenters. The predicted molar refractivity (Wildman–Crippen MR) is 85.6 cm³/mol. The van der Waals surface area contributed by atoms with Crippen LogP contribution in [0.1, 0.15) is 38.7 Å². The van der Waals surface area contributed by atoms with Crippen LogP contribution >= 0.6 is 15.9 Å². The van der Waals surface area contributed by atoms with Crippen LogP contribution in [0.3, 0.4) is 0 Å². The summed E-state index contributed by atoms with van der Waals surface area (Å²) in [7, 11) is 0. The van der Waals surface area contributed by atoms with Crippen LogP contribution < -0.4 is 5.73 Å². The summed E-state index contributed by atoms with van der Waals surface area (Å²) >= 11 is 3.40. The molecule has 21 heavy (non-hydrogen) atoms. The Hall–Kier alpha value is -1.36. The van der Waals surface area contributed by atoms with E-state index in [0.29, 0.717) is 0 Å². The number of aryl methyl sites for hydroxylation is 1. The Bertz CT molecular complexity index is 487. The maximum absolute atomic E-state index is 11.4. The van der Waals surface area contributed by atoms with Crippen molar-refractivity contribution in [2.45, 2.75) is 39.5 Å². The largest absolute Gasteiger partial charge is 0.465 e. The van der Waals surface area contributed by atoms with Crippen LogP contribution in [0.5, 0.6) is 0 Å². The number of carbonyl (C=O) groups is 2. The van der Waals surface area contributed by atoms with E-state index in [1.165, 1.54) is 12.5 Å². The van der Waals surface area contributed by atoms with E-state index >= 15 is 0 Å². The Morgan fingerprint density at radius 3 is 2.38 bits per heavy atom. The fraction of sp³-hybridized carbons (Fsp3) is 0.500. The molecule has 1 aromatic carbocycles. The van der Waals surface area contributed by atoms with Gasteiger partial charge in [-0.25, -0.2) is 0 Å². The van der Waals surface area contributed by atoms with Gasteiger partial charge >= 0.3 is 5.97 Å². The molecule has 0 radical (unpaired) electrons.